The summed E-state index contributed by atoms with van der Waals surface area (Å²) in [6, 6.07) is 7.31. The molecule has 0 amide bonds. The molecule has 0 aliphatic carbocycles. The molecule has 1 heterocycles. The highest BCUT2D eigenvalue weighted by Crippen LogP contribution is 2.30. The summed E-state index contributed by atoms with van der Waals surface area (Å²) in [5, 5.41) is 0. The van der Waals surface area contributed by atoms with Crippen LogP contribution in [0.5, 0.6) is 6.01 Å². The lowest BCUT2D eigenvalue weighted by Crippen LogP contribution is -2.10. The summed E-state index contributed by atoms with van der Waals surface area (Å²) in [4.78, 5) is 3.30. The molecule has 25 heavy (non-hydrogen) atoms. The van der Waals surface area contributed by atoms with Crippen LogP contribution in [0.3, 0.4) is 0 Å². The van der Waals surface area contributed by atoms with Crippen molar-refractivity contribution in [2.75, 3.05) is 0 Å². The second-order valence-electron chi connectivity index (χ2n) is 5.62. The number of ether oxygens (including phenoxy) is 1. The molecule has 1 aromatic heterocycles. The predicted octanol–water partition coefficient (Wildman–Crippen LogP) is 3.34. The minimum absolute atomic E-state index is 0.0866. The van der Waals surface area contributed by atoms with Crippen molar-refractivity contribution in [2.24, 2.45) is 0 Å². The predicted molar refractivity (Wildman–Crippen MR) is 86.6 cm³/mol. The van der Waals surface area contributed by atoms with Crippen molar-refractivity contribution in [1.29, 1.82) is 0 Å². The van der Waals surface area contributed by atoms with Gasteiger partial charge in [-0.05, 0) is 44.2 Å². The van der Waals surface area contributed by atoms with E-state index in [1.165, 1.54) is 28.8 Å². The Bertz CT molecular complexity index is 1040. The smallest absolute Gasteiger partial charge is 0.302 e. The molecule has 3 rings (SSSR count). The molecule has 0 fully saturated rings. The van der Waals surface area contributed by atoms with Crippen LogP contribution in [-0.2, 0) is 10.1 Å². The Morgan fingerprint density at radius 1 is 1.16 bits per heavy atom. The molecule has 0 aliphatic rings. The number of hydrogen-bond acceptors (Lipinski definition) is 4. The molecular formula is C16H14F2N2O4S. The van der Waals surface area contributed by atoms with E-state index in [2.05, 4.69) is 4.98 Å². The highest BCUT2D eigenvalue weighted by molar-refractivity contribution is 7.85. The zero-order chi connectivity index (χ0) is 18.4. The van der Waals surface area contributed by atoms with E-state index in [-0.39, 0.29) is 23.1 Å². The number of fused-ring (bicyclic) bond motifs is 1. The van der Waals surface area contributed by atoms with E-state index in [0.29, 0.717) is 5.69 Å². The number of nitrogens with zero attached hydrogens (tertiary/aromatic N) is 2. The van der Waals surface area contributed by atoms with Crippen LogP contribution in [0.4, 0.5) is 8.78 Å². The SMILES string of the molecule is CC(C)Oc1nc2cc(S(=O)(=O)O)c(F)cc2n1-c1ccc(F)cc1. The summed E-state index contributed by atoms with van der Waals surface area (Å²) in [6.45, 7) is 3.52. The largest absolute Gasteiger partial charge is 0.462 e. The van der Waals surface area contributed by atoms with E-state index in [9.17, 15) is 17.2 Å². The van der Waals surface area contributed by atoms with Crippen molar-refractivity contribution >= 4 is 21.2 Å². The quantitative estimate of drug-likeness (QED) is 0.715. The van der Waals surface area contributed by atoms with Crippen molar-refractivity contribution in [1.82, 2.24) is 9.55 Å². The first-order valence-corrected chi connectivity index (χ1v) is 8.73. The van der Waals surface area contributed by atoms with Gasteiger partial charge in [0.05, 0.1) is 22.8 Å². The molecule has 3 aromatic rings. The number of rotatable bonds is 4. The molecule has 0 radical (unpaired) electrons. The molecule has 0 atom stereocenters. The molecular weight excluding hydrogens is 354 g/mol. The van der Waals surface area contributed by atoms with Gasteiger partial charge in [-0.1, -0.05) is 0 Å². The standard InChI is InChI=1S/C16H14F2N2O4S/c1-9(2)24-16-19-13-8-15(25(21,22)23)12(18)7-14(13)20(16)11-5-3-10(17)4-6-11/h3-9H,1-2H3,(H,21,22,23). The molecule has 0 aliphatic heterocycles. The van der Waals surface area contributed by atoms with Crippen LogP contribution in [0.1, 0.15) is 13.8 Å². The lowest BCUT2D eigenvalue weighted by molar-refractivity contribution is 0.220. The zero-order valence-electron chi connectivity index (χ0n) is 13.3. The van der Waals surface area contributed by atoms with Crippen molar-refractivity contribution in [3.05, 3.63) is 48.0 Å². The number of hydrogen-bond donors (Lipinski definition) is 1. The van der Waals surface area contributed by atoms with E-state index in [0.717, 1.165) is 12.1 Å². The molecule has 0 saturated heterocycles. The fourth-order valence-electron chi connectivity index (χ4n) is 2.38. The molecule has 2 aromatic carbocycles. The Morgan fingerprint density at radius 3 is 2.36 bits per heavy atom. The number of imidazole rings is 1. The summed E-state index contributed by atoms with van der Waals surface area (Å²) >= 11 is 0. The van der Waals surface area contributed by atoms with Gasteiger partial charge >= 0.3 is 6.01 Å². The van der Waals surface area contributed by atoms with Crippen LogP contribution in [-0.4, -0.2) is 28.6 Å². The van der Waals surface area contributed by atoms with Crippen LogP contribution < -0.4 is 4.74 Å². The number of halogens is 2. The Kier molecular flexibility index (Phi) is 4.21. The van der Waals surface area contributed by atoms with Crippen molar-refractivity contribution < 1.29 is 26.5 Å². The molecule has 0 unspecified atom stereocenters. The van der Waals surface area contributed by atoms with E-state index in [1.54, 1.807) is 13.8 Å². The van der Waals surface area contributed by atoms with Gasteiger partial charge in [-0.2, -0.15) is 13.4 Å². The first-order valence-electron chi connectivity index (χ1n) is 7.29. The summed E-state index contributed by atoms with van der Waals surface area (Å²) < 4.78 is 66.1. The Balaban J connectivity index is 2.32. The third kappa shape index (κ3) is 3.33. The number of aromatic nitrogens is 2. The normalized spacial score (nSPS) is 12.1. The molecule has 1 N–H and O–H groups in total. The molecule has 0 spiro atoms. The summed E-state index contributed by atoms with van der Waals surface area (Å²) in [7, 11) is -4.74. The first-order chi connectivity index (χ1) is 11.7. The van der Waals surface area contributed by atoms with Crippen molar-refractivity contribution in [2.45, 2.75) is 24.8 Å². The Hall–Kier alpha value is -2.52. The lowest BCUT2D eigenvalue weighted by atomic mass is 10.2. The average Bonchev–Trinajstić information content (AvgIpc) is 2.82. The van der Waals surface area contributed by atoms with Gasteiger partial charge in [-0.25, -0.2) is 8.78 Å². The van der Waals surface area contributed by atoms with Gasteiger partial charge in [0.1, 0.15) is 16.5 Å². The minimum Gasteiger partial charge on any atom is -0.462 e. The fraction of sp³-hybridized carbons (Fsp3) is 0.188. The third-order valence-corrected chi connectivity index (χ3v) is 4.25. The van der Waals surface area contributed by atoms with Gasteiger partial charge in [0.2, 0.25) is 0 Å². The Morgan fingerprint density at radius 2 is 1.80 bits per heavy atom. The monoisotopic (exact) mass is 368 g/mol. The topological polar surface area (TPSA) is 81.4 Å². The van der Waals surface area contributed by atoms with Gasteiger partial charge < -0.3 is 4.74 Å². The maximum Gasteiger partial charge on any atom is 0.302 e. The van der Waals surface area contributed by atoms with Gasteiger partial charge in [0, 0.05) is 6.07 Å². The molecule has 0 saturated carbocycles. The molecule has 9 heteroatoms. The minimum atomic E-state index is -4.74. The lowest BCUT2D eigenvalue weighted by Gasteiger charge is -2.12. The molecule has 6 nitrogen and oxygen atoms in total. The maximum atomic E-state index is 14.2. The third-order valence-electron chi connectivity index (χ3n) is 3.38. The van der Waals surface area contributed by atoms with E-state index < -0.39 is 26.6 Å². The van der Waals surface area contributed by atoms with E-state index >= 15 is 0 Å². The fourth-order valence-corrected chi connectivity index (χ4v) is 2.95. The number of benzene rings is 2. The van der Waals surface area contributed by atoms with Crippen LogP contribution in [0, 0.1) is 11.6 Å². The van der Waals surface area contributed by atoms with Crippen molar-refractivity contribution in [3.63, 3.8) is 0 Å². The molecule has 132 valence electrons. The van der Waals surface area contributed by atoms with Crippen LogP contribution in [0.15, 0.2) is 41.3 Å². The zero-order valence-corrected chi connectivity index (χ0v) is 14.1. The summed E-state index contributed by atoms with van der Waals surface area (Å²) in [5.41, 5.74) is 0.778. The second kappa shape index (κ2) is 6.08. The van der Waals surface area contributed by atoms with E-state index in [4.69, 9.17) is 9.29 Å². The van der Waals surface area contributed by atoms with Gasteiger partial charge in [-0.15, -0.1) is 0 Å². The van der Waals surface area contributed by atoms with Crippen molar-refractivity contribution in [3.8, 4) is 11.7 Å². The van der Waals surface area contributed by atoms with Gasteiger partial charge in [0.15, 0.2) is 0 Å². The van der Waals surface area contributed by atoms with E-state index in [1.807, 2.05) is 0 Å². The average molecular weight is 368 g/mol. The van der Waals surface area contributed by atoms with Crippen LogP contribution >= 0.6 is 0 Å². The summed E-state index contributed by atoms with van der Waals surface area (Å²) in [5.74, 6) is -1.58. The second-order valence-corrected chi connectivity index (χ2v) is 7.01. The van der Waals surface area contributed by atoms with Crippen LogP contribution in [0.2, 0.25) is 0 Å². The highest BCUT2D eigenvalue weighted by atomic mass is 32.2. The maximum absolute atomic E-state index is 14.2. The highest BCUT2D eigenvalue weighted by Gasteiger charge is 2.22. The van der Waals surface area contributed by atoms with Gasteiger partial charge in [-0.3, -0.25) is 9.12 Å². The first kappa shape index (κ1) is 17.3. The summed E-state index contributed by atoms with van der Waals surface area (Å²) in [6.07, 6.45) is -0.262. The van der Waals surface area contributed by atoms with Gasteiger partial charge in [0.25, 0.3) is 10.1 Å². The van der Waals surface area contributed by atoms with Crippen LogP contribution in [0.25, 0.3) is 16.7 Å². The molecule has 0 bridgehead atoms. The Labute approximate surface area is 142 Å².